The van der Waals surface area contributed by atoms with E-state index >= 15 is 0 Å². The highest BCUT2D eigenvalue weighted by Gasteiger charge is 2.09. The van der Waals surface area contributed by atoms with Crippen LogP contribution in [0.1, 0.15) is 16.8 Å². The number of carbonyl (C=O) groups excluding carboxylic acids is 1. The number of carbonyl (C=O) groups is 1. The van der Waals surface area contributed by atoms with Crippen molar-refractivity contribution >= 4 is 28.8 Å². The van der Waals surface area contributed by atoms with Gasteiger partial charge in [0.1, 0.15) is 23.8 Å². The number of nitrogens with zero attached hydrogens (tertiary/aromatic N) is 2. The number of aryl methyl sites for hydroxylation is 2. The molecule has 0 unspecified atom stereocenters. The first-order chi connectivity index (χ1) is 15.9. The highest BCUT2D eigenvalue weighted by Crippen LogP contribution is 2.25. The van der Waals surface area contributed by atoms with Crippen LogP contribution < -0.4 is 20.3 Å². The first kappa shape index (κ1) is 22.4. The molecule has 8 heteroatoms. The number of ether oxygens (including phenoxy) is 2. The minimum atomic E-state index is -0.329. The fourth-order valence-electron chi connectivity index (χ4n) is 3.21. The molecule has 0 atom stereocenters. The molecule has 4 rings (SSSR count). The standard InChI is InChI=1S/C25H22ClN3O4/c1-16-9-10-29-23(11-16)27-19(13-25(29)31)14-32-22-12-18(8-7-17(22)2)28-24(30)15-33-21-6-4-3-5-20(21)26/h3-13H,14-15H2,1-2H3,(H,28,30). The first-order valence-electron chi connectivity index (χ1n) is 10.3. The average Bonchev–Trinajstić information content (AvgIpc) is 2.78. The van der Waals surface area contributed by atoms with Crippen molar-refractivity contribution in [1.29, 1.82) is 0 Å². The molecule has 0 radical (unpaired) electrons. The molecular formula is C25H22ClN3O4. The summed E-state index contributed by atoms with van der Waals surface area (Å²) in [5.74, 6) is 0.687. The van der Waals surface area contributed by atoms with E-state index in [1.165, 1.54) is 10.5 Å². The van der Waals surface area contributed by atoms with Crippen LogP contribution in [0.25, 0.3) is 5.65 Å². The van der Waals surface area contributed by atoms with Crippen molar-refractivity contribution in [3.8, 4) is 11.5 Å². The molecule has 0 aliphatic heterocycles. The van der Waals surface area contributed by atoms with Gasteiger partial charge in [-0.1, -0.05) is 29.8 Å². The second-order valence-corrected chi connectivity index (χ2v) is 7.96. The van der Waals surface area contributed by atoms with Crippen molar-refractivity contribution in [3.05, 3.63) is 99.1 Å². The number of hydrogen-bond donors (Lipinski definition) is 1. The van der Waals surface area contributed by atoms with Crippen LogP contribution >= 0.6 is 11.6 Å². The van der Waals surface area contributed by atoms with Gasteiger partial charge in [-0.3, -0.25) is 14.0 Å². The Morgan fingerprint density at radius 2 is 1.85 bits per heavy atom. The molecule has 2 aromatic carbocycles. The Labute approximate surface area is 195 Å². The van der Waals surface area contributed by atoms with E-state index in [0.29, 0.717) is 33.6 Å². The molecule has 0 saturated carbocycles. The molecule has 7 nitrogen and oxygen atoms in total. The van der Waals surface area contributed by atoms with Crippen LogP contribution in [0.5, 0.6) is 11.5 Å². The number of pyridine rings is 1. The van der Waals surface area contributed by atoms with Gasteiger partial charge in [0.2, 0.25) is 0 Å². The van der Waals surface area contributed by atoms with Crippen LogP contribution in [0.3, 0.4) is 0 Å². The fourth-order valence-corrected chi connectivity index (χ4v) is 3.41. The molecular weight excluding hydrogens is 442 g/mol. The Morgan fingerprint density at radius 1 is 1.03 bits per heavy atom. The van der Waals surface area contributed by atoms with Gasteiger partial charge in [0.15, 0.2) is 6.61 Å². The molecule has 0 fully saturated rings. The molecule has 0 aliphatic rings. The first-order valence-corrected chi connectivity index (χ1v) is 10.7. The molecule has 4 aromatic rings. The monoisotopic (exact) mass is 463 g/mol. The van der Waals surface area contributed by atoms with Gasteiger partial charge < -0.3 is 14.8 Å². The Bertz CT molecular complexity index is 1380. The van der Waals surface area contributed by atoms with Gasteiger partial charge in [-0.25, -0.2) is 4.98 Å². The highest BCUT2D eigenvalue weighted by atomic mass is 35.5. The van der Waals surface area contributed by atoms with E-state index < -0.39 is 0 Å². The van der Waals surface area contributed by atoms with Crippen molar-refractivity contribution in [2.75, 3.05) is 11.9 Å². The number of nitrogens with one attached hydrogen (secondary N) is 1. The maximum absolute atomic E-state index is 12.3. The molecule has 1 amide bonds. The van der Waals surface area contributed by atoms with Crippen LogP contribution in [0.15, 0.2) is 71.7 Å². The van der Waals surface area contributed by atoms with Crippen LogP contribution in [0.2, 0.25) is 5.02 Å². The van der Waals surface area contributed by atoms with Gasteiger partial charge in [-0.15, -0.1) is 0 Å². The lowest BCUT2D eigenvalue weighted by molar-refractivity contribution is -0.118. The van der Waals surface area contributed by atoms with Crippen molar-refractivity contribution in [3.63, 3.8) is 0 Å². The zero-order valence-electron chi connectivity index (χ0n) is 18.2. The third-order valence-electron chi connectivity index (χ3n) is 4.92. The maximum atomic E-state index is 12.3. The van der Waals surface area contributed by atoms with Gasteiger partial charge in [-0.2, -0.15) is 0 Å². The molecule has 0 bridgehead atoms. The van der Waals surface area contributed by atoms with E-state index in [0.717, 1.165) is 11.1 Å². The van der Waals surface area contributed by atoms with Gasteiger partial charge in [-0.05, 0) is 55.3 Å². The van der Waals surface area contributed by atoms with E-state index in [-0.39, 0.29) is 24.7 Å². The summed E-state index contributed by atoms with van der Waals surface area (Å²) < 4.78 is 12.9. The number of fused-ring (bicyclic) bond motifs is 1. The third kappa shape index (κ3) is 5.51. The highest BCUT2D eigenvalue weighted by molar-refractivity contribution is 6.32. The number of hydrogen-bond acceptors (Lipinski definition) is 5. The van der Waals surface area contributed by atoms with Crippen LogP contribution in [0, 0.1) is 13.8 Å². The number of benzene rings is 2. The Hall–Kier alpha value is -3.84. The number of anilines is 1. The predicted octanol–water partition coefficient (Wildman–Crippen LogP) is 4.56. The topological polar surface area (TPSA) is 81.9 Å². The zero-order valence-corrected chi connectivity index (χ0v) is 18.9. The number of aromatic nitrogens is 2. The molecule has 0 saturated heterocycles. The molecule has 2 heterocycles. The summed E-state index contributed by atoms with van der Waals surface area (Å²) in [5.41, 5.74) is 3.37. The van der Waals surface area contributed by atoms with Crippen LogP contribution in [-0.2, 0) is 11.4 Å². The summed E-state index contributed by atoms with van der Waals surface area (Å²) in [4.78, 5) is 29.2. The van der Waals surface area contributed by atoms with Crippen molar-refractivity contribution in [1.82, 2.24) is 9.38 Å². The minimum Gasteiger partial charge on any atom is -0.487 e. The maximum Gasteiger partial charge on any atom is 0.262 e. The molecule has 1 N–H and O–H groups in total. The second kappa shape index (κ2) is 9.75. The van der Waals surface area contributed by atoms with Gasteiger partial charge in [0.05, 0.1) is 10.7 Å². The summed E-state index contributed by atoms with van der Waals surface area (Å²) in [6, 6.07) is 17.4. The van der Waals surface area contributed by atoms with E-state index in [1.54, 1.807) is 42.6 Å². The number of halogens is 1. The Morgan fingerprint density at radius 3 is 2.67 bits per heavy atom. The lowest BCUT2D eigenvalue weighted by Crippen LogP contribution is -2.20. The smallest absolute Gasteiger partial charge is 0.262 e. The summed E-state index contributed by atoms with van der Waals surface area (Å²) in [7, 11) is 0. The number of rotatable bonds is 7. The zero-order chi connectivity index (χ0) is 23.4. The third-order valence-corrected chi connectivity index (χ3v) is 5.23. The molecule has 0 spiro atoms. The average molecular weight is 464 g/mol. The minimum absolute atomic E-state index is 0.119. The fraction of sp³-hybridized carbons (Fsp3) is 0.160. The van der Waals surface area contributed by atoms with Crippen molar-refractivity contribution < 1.29 is 14.3 Å². The Balaban J connectivity index is 1.42. The number of para-hydroxylation sites is 1. The van der Waals surface area contributed by atoms with Gasteiger partial charge >= 0.3 is 0 Å². The van der Waals surface area contributed by atoms with Crippen molar-refractivity contribution in [2.24, 2.45) is 0 Å². The second-order valence-electron chi connectivity index (χ2n) is 7.55. The lowest BCUT2D eigenvalue weighted by Gasteiger charge is -2.13. The largest absolute Gasteiger partial charge is 0.487 e. The number of amides is 1. The molecule has 0 aliphatic carbocycles. The van der Waals surface area contributed by atoms with Gasteiger partial charge in [0.25, 0.3) is 11.5 Å². The lowest BCUT2D eigenvalue weighted by atomic mass is 10.2. The molecule has 168 valence electrons. The SMILES string of the molecule is Cc1ccn2c(=O)cc(COc3cc(NC(=O)COc4ccccc4Cl)ccc3C)nc2c1. The summed E-state index contributed by atoms with van der Waals surface area (Å²) in [5, 5.41) is 3.22. The van der Waals surface area contributed by atoms with E-state index in [1.807, 2.05) is 32.0 Å². The van der Waals surface area contributed by atoms with E-state index in [4.69, 9.17) is 21.1 Å². The normalized spacial score (nSPS) is 10.8. The van der Waals surface area contributed by atoms with Crippen LogP contribution in [-0.4, -0.2) is 21.9 Å². The van der Waals surface area contributed by atoms with Crippen molar-refractivity contribution in [2.45, 2.75) is 20.5 Å². The summed E-state index contributed by atoms with van der Waals surface area (Å²) >= 11 is 6.04. The van der Waals surface area contributed by atoms with Crippen LogP contribution in [0.4, 0.5) is 5.69 Å². The summed E-state index contributed by atoms with van der Waals surface area (Å²) in [6.07, 6.45) is 1.70. The molecule has 33 heavy (non-hydrogen) atoms. The van der Waals surface area contributed by atoms with Gasteiger partial charge in [0, 0.05) is 24.0 Å². The summed E-state index contributed by atoms with van der Waals surface area (Å²) in [6.45, 7) is 3.77. The quantitative estimate of drug-likeness (QED) is 0.434. The Kier molecular flexibility index (Phi) is 6.60. The van der Waals surface area contributed by atoms with E-state index in [9.17, 15) is 9.59 Å². The van der Waals surface area contributed by atoms with E-state index in [2.05, 4.69) is 10.3 Å². The predicted molar refractivity (Wildman–Crippen MR) is 127 cm³/mol. The molecule has 2 aromatic heterocycles.